The zero-order valence-electron chi connectivity index (χ0n) is 8.51. The Bertz CT molecular complexity index is 470. The summed E-state index contributed by atoms with van der Waals surface area (Å²) >= 11 is 0. The summed E-state index contributed by atoms with van der Waals surface area (Å²) in [6.45, 7) is 1.85. The molecule has 15 heavy (non-hydrogen) atoms. The summed E-state index contributed by atoms with van der Waals surface area (Å²) < 4.78 is 1.56. The van der Waals surface area contributed by atoms with Crippen molar-refractivity contribution >= 4 is 5.78 Å². The molecule has 76 valence electrons. The van der Waals surface area contributed by atoms with Crippen LogP contribution in [0, 0.1) is 6.92 Å². The van der Waals surface area contributed by atoms with Gasteiger partial charge in [0.05, 0.1) is 6.20 Å². The highest BCUT2D eigenvalue weighted by atomic mass is 16.1. The maximum Gasteiger partial charge on any atom is 0.229 e. The number of rotatable bonds is 2. The van der Waals surface area contributed by atoms with E-state index in [1.807, 2.05) is 6.92 Å². The van der Waals surface area contributed by atoms with E-state index in [9.17, 15) is 4.79 Å². The first kappa shape index (κ1) is 9.51. The molecule has 0 aliphatic heterocycles. The van der Waals surface area contributed by atoms with Gasteiger partial charge >= 0.3 is 0 Å². The molecule has 2 aromatic rings. The number of carbonyl (C=O) groups excluding carboxylic acids is 1. The third-order valence-corrected chi connectivity index (χ3v) is 2.15. The molecule has 0 amide bonds. The lowest BCUT2D eigenvalue weighted by Crippen LogP contribution is -2.11. The van der Waals surface area contributed by atoms with Gasteiger partial charge in [-0.15, -0.1) is 0 Å². The molecule has 0 fully saturated rings. The SMILES string of the molecule is Cc1cnn(C)c1C(=O)c1ccncn1. The molecule has 0 saturated heterocycles. The smallest absolute Gasteiger partial charge is 0.229 e. The fraction of sp³-hybridized carbons (Fsp3) is 0.200. The topological polar surface area (TPSA) is 60.7 Å². The Labute approximate surface area is 86.8 Å². The summed E-state index contributed by atoms with van der Waals surface area (Å²) in [4.78, 5) is 19.7. The number of hydrogen-bond donors (Lipinski definition) is 0. The van der Waals surface area contributed by atoms with Crippen molar-refractivity contribution in [2.24, 2.45) is 7.05 Å². The van der Waals surface area contributed by atoms with Crippen molar-refractivity contribution in [3.05, 3.63) is 41.7 Å². The van der Waals surface area contributed by atoms with Crippen molar-refractivity contribution < 1.29 is 4.79 Å². The molecule has 5 nitrogen and oxygen atoms in total. The van der Waals surface area contributed by atoms with Crippen LogP contribution in [0.2, 0.25) is 0 Å². The van der Waals surface area contributed by atoms with E-state index in [2.05, 4.69) is 15.1 Å². The summed E-state index contributed by atoms with van der Waals surface area (Å²) in [7, 11) is 1.74. The Morgan fingerprint density at radius 3 is 2.80 bits per heavy atom. The van der Waals surface area contributed by atoms with Crippen LogP contribution in [0.3, 0.4) is 0 Å². The number of carbonyl (C=O) groups is 1. The lowest BCUT2D eigenvalue weighted by molar-refractivity contribution is 0.102. The first-order valence-corrected chi connectivity index (χ1v) is 4.49. The van der Waals surface area contributed by atoms with Gasteiger partial charge in [0, 0.05) is 13.2 Å². The molecular formula is C10H10N4O. The van der Waals surface area contributed by atoms with Crippen LogP contribution in [-0.2, 0) is 7.05 Å². The Hall–Kier alpha value is -2.04. The van der Waals surface area contributed by atoms with E-state index in [-0.39, 0.29) is 5.78 Å². The van der Waals surface area contributed by atoms with Gasteiger partial charge in [0.15, 0.2) is 0 Å². The molecule has 2 aromatic heterocycles. The highest BCUT2D eigenvalue weighted by Crippen LogP contribution is 2.10. The van der Waals surface area contributed by atoms with Gasteiger partial charge in [0.2, 0.25) is 5.78 Å². The van der Waals surface area contributed by atoms with Crippen LogP contribution < -0.4 is 0 Å². The second kappa shape index (κ2) is 3.61. The van der Waals surface area contributed by atoms with Crippen LogP contribution in [-0.4, -0.2) is 25.5 Å². The molecule has 0 aromatic carbocycles. The molecule has 0 bridgehead atoms. The number of aryl methyl sites for hydroxylation is 2. The van der Waals surface area contributed by atoms with Crippen LogP contribution in [0.15, 0.2) is 24.8 Å². The van der Waals surface area contributed by atoms with Gasteiger partial charge in [-0.3, -0.25) is 9.48 Å². The first-order chi connectivity index (χ1) is 7.20. The van der Waals surface area contributed by atoms with Crippen molar-refractivity contribution in [2.45, 2.75) is 6.92 Å². The second-order valence-electron chi connectivity index (χ2n) is 3.22. The van der Waals surface area contributed by atoms with E-state index in [1.165, 1.54) is 6.33 Å². The quantitative estimate of drug-likeness (QED) is 0.674. The molecule has 2 heterocycles. The van der Waals surface area contributed by atoms with Gasteiger partial charge in [-0.25, -0.2) is 9.97 Å². The number of nitrogens with zero attached hydrogens (tertiary/aromatic N) is 4. The molecule has 5 heteroatoms. The van der Waals surface area contributed by atoms with Crippen LogP contribution in [0.1, 0.15) is 21.7 Å². The molecule has 0 saturated carbocycles. The van der Waals surface area contributed by atoms with Crippen LogP contribution in [0.4, 0.5) is 0 Å². The predicted octanol–water partition coefficient (Wildman–Crippen LogP) is 0.750. The Morgan fingerprint density at radius 1 is 1.47 bits per heavy atom. The Balaban J connectivity index is 2.46. The Morgan fingerprint density at radius 2 is 2.27 bits per heavy atom. The zero-order chi connectivity index (χ0) is 10.8. The van der Waals surface area contributed by atoms with Crippen LogP contribution in [0.25, 0.3) is 0 Å². The minimum absolute atomic E-state index is 0.130. The standard InChI is InChI=1S/C10H10N4O/c1-7-5-13-14(2)9(7)10(15)8-3-4-11-6-12-8/h3-6H,1-2H3. The van der Waals surface area contributed by atoms with Gasteiger partial charge < -0.3 is 0 Å². The molecule has 0 atom stereocenters. The molecule has 0 unspecified atom stereocenters. The lowest BCUT2D eigenvalue weighted by atomic mass is 10.1. The molecular weight excluding hydrogens is 192 g/mol. The van der Waals surface area contributed by atoms with E-state index in [0.717, 1.165) is 5.56 Å². The van der Waals surface area contributed by atoms with Crippen LogP contribution in [0.5, 0.6) is 0 Å². The third-order valence-electron chi connectivity index (χ3n) is 2.15. The van der Waals surface area contributed by atoms with Gasteiger partial charge in [-0.2, -0.15) is 5.10 Å². The summed E-state index contributed by atoms with van der Waals surface area (Å²) in [6.07, 6.45) is 4.57. The van der Waals surface area contributed by atoms with E-state index in [0.29, 0.717) is 11.4 Å². The highest BCUT2D eigenvalue weighted by Gasteiger charge is 2.16. The van der Waals surface area contributed by atoms with Gasteiger partial charge in [-0.1, -0.05) is 0 Å². The van der Waals surface area contributed by atoms with E-state index < -0.39 is 0 Å². The molecule has 0 N–H and O–H groups in total. The third kappa shape index (κ3) is 1.63. The van der Waals surface area contributed by atoms with Crippen molar-refractivity contribution in [3.8, 4) is 0 Å². The fourth-order valence-corrected chi connectivity index (χ4v) is 1.42. The van der Waals surface area contributed by atoms with Crippen molar-refractivity contribution in [1.29, 1.82) is 0 Å². The minimum Gasteiger partial charge on any atom is -0.285 e. The number of ketones is 1. The average Bonchev–Trinajstić information content (AvgIpc) is 2.59. The van der Waals surface area contributed by atoms with Crippen LogP contribution >= 0.6 is 0 Å². The van der Waals surface area contributed by atoms with E-state index in [1.54, 1.807) is 30.2 Å². The van der Waals surface area contributed by atoms with Crippen molar-refractivity contribution in [3.63, 3.8) is 0 Å². The highest BCUT2D eigenvalue weighted by molar-refractivity contribution is 6.07. The lowest BCUT2D eigenvalue weighted by Gasteiger charge is -2.01. The normalized spacial score (nSPS) is 10.3. The second-order valence-corrected chi connectivity index (χ2v) is 3.22. The van der Waals surface area contributed by atoms with Crippen molar-refractivity contribution in [2.75, 3.05) is 0 Å². The summed E-state index contributed by atoms with van der Waals surface area (Å²) in [5.41, 5.74) is 1.80. The molecule has 0 aliphatic carbocycles. The van der Waals surface area contributed by atoms with Gasteiger partial charge in [0.25, 0.3) is 0 Å². The van der Waals surface area contributed by atoms with E-state index in [4.69, 9.17) is 0 Å². The Kier molecular flexibility index (Phi) is 2.29. The summed E-state index contributed by atoms with van der Waals surface area (Å²) in [5.74, 6) is -0.130. The van der Waals surface area contributed by atoms with Gasteiger partial charge in [-0.05, 0) is 18.6 Å². The van der Waals surface area contributed by atoms with Crippen molar-refractivity contribution in [1.82, 2.24) is 19.7 Å². The molecule has 2 rings (SSSR count). The predicted molar refractivity (Wildman–Crippen MR) is 53.4 cm³/mol. The molecule has 0 radical (unpaired) electrons. The average molecular weight is 202 g/mol. The zero-order valence-corrected chi connectivity index (χ0v) is 8.51. The van der Waals surface area contributed by atoms with Gasteiger partial charge in [0.1, 0.15) is 17.7 Å². The maximum atomic E-state index is 12.0. The molecule has 0 aliphatic rings. The molecule has 0 spiro atoms. The monoisotopic (exact) mass is 202 g/mol. The minimum atomic E-state index is -0.130. The summed E-state index contributed by atoms with van der Waals surface area (Å²) in [5, 5.41) is 4.02. The first-order valence-electron chi connectivity index (χ1n) is 4.49. The number of aromatic nitrogens is 4. The number of hydrogen-bond acceptors (Lipinski definition) is 4. The fourth-order valence-electron chi connectivity index (χ4n) is 1.42. The summed E-state index contributed by atoms with van der Waals surface area (Å²) in [6, 6.07) is 1.59. The van der Waals surface area contributed by atoms with E-state index >= 15 is 0 Å². The maximum absolute atomic E-state index is 12.0. The largest absolute Gasteiger partial charge is 0.285 e.